The van der Waals surface area contributed by atoms with Gasteiger partial charge in [-0.1, -0.05) is 46.7 Å². The summed E-state index contributed by atoms with van der Waals surface area (Å²) in [4.78, 5) is 21.4. The quantitative estimate of drug-likeness (QED) is 0.0679. The summed E-state index contributed by atoms with van der Waals surface area (Å²) in [5.41, 5.74) is 3.49. The molecular weight excluding hydrogens is 583 g/mol. The molecule has 0 amide bonds. The summed E-state index contributed by atoms with van der Waals surface area (Å²) in [6.07, 6.45) is 0.122. The van der Waals surface area contributed by atoms with Gasteiger partial charge >= 0.3 is 5.97 Å². The van der Waals surface area contributed by atoms with Crippen LogP contribution < -0.4 is 0 Å². The zero-order valence-electron chi connectivity index (χ0n) is 22.3. The summed E-state index contributed by atoms with van der Waals surface area (Å²) in [5.74, 6) is 1.66. The van der Waals surface area contributed by atoms with Crippen LogP contribution in [0.5, 0.6) is 0 Å². The second-order valence-electron chi connectivity index (χ2n) is 9.08. The van der Waals surface area contributed by atoms with E-state index in [1.165, 1.54) is 0 Å². The first-order valence-corrected chi connectivity index (χ1v) is 14.2. The van der Waals surface area contributed by atoms with Crippen molar-refractivity contribution in [2.75, 3.05) is 25.0 Å². The number of esters is 1. The molecule has 0 aliphatic carbocycles. The number of ether oxygens (including phenoxy) is 2. The molecule has 2 aromatic heterocycles. The van der Waals surface area contributed by atoms with Crippen LogP contribution in [0.15, 0.2) is 81.8 Å². The molecule has 10 nitrogen and oxygen atoms in total. The SMILES string of the molecule is O=C(OCCCCl)c1cccc(-c2noc(-c3cccc(-c4nc(-c5cccc(C(O)OCCCCl)c5)no4)c3)n2)c1. The molecule has 42 heavy (non-hydrogen) atoms. The first-order chi connectivity index (χ1) is 20.6. The molecule has 0 fully saturated rings. The van der Waals surface area contributed by atoms with Crippen molar-refractivity contribution < 1.29 is 28.4 Å². The molecule has 0 saturated heterocycles. The fourth-order valence-corrected chi connectivity index (χ4v) is 4.18. The van der Waals surface area contributed by atoms with E-state index in [9.17, 15) is 9.90 Å². The second-order valence-corrected chi connectivity index (χ2v) is 9.83. The van der Waals surface area contributed by atoms with Gasteiger partial charge < -0.3 is 23.6 Å². The van der Waals surface area contributed by atoms with Crippen LogP contribution >= 0.6 is 23.2 Å². The number of rotatable bonds is 13. The Bertz CT molecular complexity index is 1640. The van der Waals surface area contributed by atoms with Gasteiger partial charge in [0.1, 0.15) is 0 Å². The van der Waals surface area contributed by atoms with Crippen LogP contribution in [0.1, 0.15) is 35.1 Å². The average Bonchev–Trinajstić information content (AvgIpc) is 3.73. The fraction of sp³-hybridized carbons (Fsp3) is 0.233. The molecule has 5 rings (SSSR count). The highest BCUT2D eigenvalue weighted by molar-refractivity contribution is 6.18. The molecule has 2 heterocycles. The van der Waals surface area contributed by atoms with Gasteiger partial charge in [0, 0.05) is 39.6 Å². The van der Waals surface area contributed by atoms with Gasteiger partial charge in [-0.3, -0.25) is 0 Å². The van der Waals surface area contributed by atoms with Crippen molar-refractivity contribution >= 4 is 29.2 Å². The van der Waals surface area contributed by atoms with Crippen LogP contribution in [0.2, 0.25) is 0 Å². The smallest absolute Gasteiger partial charge is 0.338 e. The predicted molar refractivity (Wildman–Crippen MR) is 156 cm³/mol. The van der Waals surface area contributed by atoms with Gasteiger partial charge in [0.15, 0.2) is 6.29 Å². The topological polar surface area (TPSA) is 134 Å². The van der Waals surface area contributed by atoms with E-state index in [2.05, 4.69) is 20.3 Å². The first-order valence-electron chi connectivity index (χ1n) is 13.1. The number of alkyl halides is 2. The standard InChI is InChI=1S/C30H26Cl2N4O6/c31-12-4-14-39-29(37)23-10-1-6-19(16-23)25-33-27(41-35-25)21-8-3-9-22(18-21)28-34-26(36-42-28)20-7-2-11-24(17-20)30(38)40-15-5-13-32/h1-3,6-11,16-18,29,37H,4-5,12-15H2. The molecule has 0 saturated carbocycles. The van der Waals surface area contributed by atoms with Crippen molar-refractivity contribution in [1.29, 1.82) is 0 Å². The molecule has 12 heteroatoms. The van der Waals surface area contributed by atoms with Gasteiger partial charge in [0.2, 0.25) is 11.6 Å². The summed E-state index contributed by atoms with van der Waals surface area (Å²) in [7, 11) is 0. The molecule has 216 valence electrons. The number of benzene rings is 3. The minimum Gasteiger partial charge on any atom is -0.462 e. The van der Waals surface area contributed by atoms with Gasteiger partial charge in [0.25, 0.3) is 11.8 Å². The Morgan fingerprint density at radius 3 is 2.00 bits per heavy atom. The van der Waals surface area contributed by atoms with Gasteiger partial charge in [-0.2, -0.15) is 9.97 Å². The Kier molecular flexibility index (Phi) is 9.94. The lowest BCUT2D eigenvalue weighted by Gasteiger charge is -2.12. The molecule has 0 aliphatic heterocycles. The van der Waals surface area contributed by atoms with Crippen LogP contribution in [0.3, 0.4) is 0 Å². The molecule has 1 N–H and O–H groups in total. The number of carbonyl (C=O) groups excluding carboxylic acids is 1. The van der Waals surface area contributed by atoms with E-state index in [1.807, 2.05) is 24.3 Å². The Morgan fingerprint density at radius 2 is 1.33 bits per heavy atom. The number of halogens is 2. The lowest BCUT2D eigenvalue weighted by Crippen LogP contribution is -2.06. The summed E-state index contributed by atoms with van der Waals surface area (Å²) >= 11 is 11.3. The maximum Gasteiger partial charge on any atom is 0.338 e. The number of aliphatic hydroxyl groups is 1. The van der Waals surface area contributed by atoms with E-state index in [4.69, 9.17) is 41.7 Å². The number of hydrogen-bond donors (Lipinski definition) is 1. The third kappa shape index (κ3) is 7.21. The van der Waals surface area contributed by atoms with Crippen molar-refractivity contribution in [3.05, 3.63) is 83.9 Å². The van der Waals surface area contributed by atoms with Crippen molar-refractivity contribution in [3.63, 3.8) is 0 Å². The number of hydrogen-bond acceptors (Lipinski definition) is 10. The van der Waals surface area contributed by atoms with Crippen LogP contribution in [-0.4, -0.2) is 56.3 Å². The van der Waals surface area contributed by atoms with Crippen molar-refractivity contribution in [1.82, 2.24) is 20.3 Å². The zero-order chi connectivity index (χ0) is 29.3. The Hall–Kier alpha value is -4.09. The fourth-order valence-electron chi connectivity index (χ4n) is 3.97. The van der Waals surface area contributed by atoms with Gasteiger partial charge in [-0.05, 0) is 49.2 Å². The highest BCUT2D eigenvalue weighted by Crippen LogP contribution is 2.29. The minimum absolute atomic E-state index is 0.247. The predicted octanol–water partition coefficient (Wildman–Crippen LogP) is 6.54. The molecule has 0 radical (unpaired) electrons. The highest BCUT2D eigenvalue weighted by atomic mass is 35.5. The monoisotopic (exact) mass is 608 g/mol. The van der Waals surface area contributed by atoms with E-state index in [-0.39, 0.29) is 18.4 Å². The van der Waals surface area contributed by atoms with Crippen LogP contribution in [-0.2, 0) is 9.47 Å². The third-order valence-corrected chi connectivity index (χ3v) is 6.59. The Labute approximate surface area is 251 Å². The van der Waals surface area contributed by atoms with Gasteiger partial charge in [0.05, 0.1) is 18.8 Å². The highest BCUT2D eigenvalue weighted by Gasteiger charge is 2.17. The van der Waals surface area contributed by atoms with E-state index in [0.29, 0.717) is 76.2 Å². The van der Waals surface area contributed by atoms with Gasteiger partial charge in [-0.15, -0.1) is 23.2 Å². The molecule has 1 atom stereocenters. The molecule has 0 aliphatic rings. The number of nitrogens with zero attached hydrogens (tertiary/aromatic N) is 4. The molecular formula is C30H26Cl2N4O6. The van der Waals surface area contributed by atoms with Crippen LogP contribution in [0.25, 0.3) is 45.7 Å². The van der Waals surface area contributed by atoms with Gasteiger partial charge in [-0.25, -0.2) is 4.79 Å². The van der Waals surface area contributed by atoms with E-state index < -0.39 is 12.3 Å². The number of aliphatic hydroxyl groups excluding tert-OH is 1. The van der Waals surface area contributed by atoms with Crippen molar-refractivity contribution in [2.24, 2.45) is 0 Å². The number of carbonyl (C=O) groups is 1. The molecule has 0 spiro atoms. The third-order valence-electron chi connectivity index (χ3n) is 6.06. The molecule has 0 bridgehead atoms. The summed E-state index contributed by atoms with van der Waals surface area (Å²) < 4.78 is 21.7. The maximum absolute atomic E-state index is 12.3. The molecule has 5 aromatic rings. The summed E-state index contributed by atoms with van der Waals surface area (Å²) in [6, 6.07) is 21.1. The Morgan fingerprint density at radius 1 is 0.762 bits per heavy atom. The summed E-state index contributed by atoms with van der Waals surface area (Å²) in [6.45, 7) is 0.590. The lowest BCUT2D eigenvalue weighted by atomic mass is 10.1. The Balaban J connectivity index is 1.31. The maximum atomic E-state index is 12.3. The van der Waals surface area contributed by atoms with E-state index in [1.54, 1.807) is 48.5 Å². The molecule has 3 aromatic carbocycles. The second kappa shape index (κ2) is 14.2. The average molecular weight is 609 g/mol. The van der Waals surface area contributed by atoms with Crippen molar-refractivity contribution in [3.8, 4) is 45.7 Å². The largest absolute Gasteiger partial charge is 0.462 e. The normalized spacial score (nSPS) is 11.9. The zero-order valence-corrected chi connectivity index (χ0v) is 23.8. The summed E-state index contributed by atoms with van der Waals surface area (Å²) in [5, 5.41) is 18.5. The number of aromatic nitrogens is 4. The van der Waals surface area contributed by atoms with E-state index >= 15 is 0 Å². The minimum atomic E-state index is -1.09. The molecule has 1 unspecified atom stereocenters. The van der Waals surface area contributed by atoms with Crippen molar-refractivity contribution in [2.45, 2.75) is 19.1 Å². The first kappa shape index (κ1) is 29.4. The van der Waals surface area contributed by atoms with E-state index in [0.717, 1.165) is 0 Å². The van der Waals surface area contributed by atoms with Crippen LogP contribution in [0, 0.1) is 0 Å². The lowest BCUT2D eigenvalue weighted by molar-refractivity contribution is -0.102. The van der Waals surface area contributed by atoms with Crippen LogP contribution in [0.4, 0.5) is 0 Å².